The highest BCUT2D eigenvalue weighted by molar-refractivity contribution is 6.30. The van der Waals surface area contributed by atoms with E-state index in [0.29, 0.717) is 10.9 Å². The lowest BCUT2D eigenvalue weighted by atomic mass is 9.76. The molecule has 0 aliphatic heterocycles. The number of carboxylic acids is 1. The number of carboxylic acid groups (broad SMARTS) is 1. The summed E-state index contributed by atoms with van der Waals surface area (Å²) in [7, 11) is 0. The Morgan fingerprint density at radius 1 is 1.44 bits per heavy atom. The zero-order chi connectivity index (χ0) is 11.7. The van der Waals surface area contributed by atoms with Crippen LogP contribution in [0.3, 0.4) is 0 Å². The van der Waals surface area contributed by atoms with Crippen LogP contribution in [0.5, 0.6) is 0 Å². The van der Waals surface area contributed by atoms with Crippen LogP contribution in [-0.4, -0.2) is 11.1 Å². The van der Waals surface area contributed by atoms with Gasteiger partial charge in [-0.1, -0.05) is 24.6 Å². The van der Waals surface area contributed by atoms with Gasteiger partial charge < -0.3 is 5.11 Å². The Morgan fingerprint density at radius 2 is 2.19 bits per heavy atom. The summed E-state index contributed by atoms with van der Waals surface area (Å²) in [6, 6.07) is 5.86. The van der Waals surface area contributed by atoms with E-state index in [2.05, 4.69) is 6.92 Å². The summed E-state index contributed by atoms with van der Waals surface area (Å²) < 4.78 is 0. The molecule has 0 radical (unpaired) electrons. The summed E-state index contributed by atoms with van der Waals surface area (Å²) in [4.78, 5) is 10.8. The molecule has 1 aromatic rings. The van der Waals surface area contributed by atoms with Gasteiger partial charge in [0.25, 0.3) is 0 Å². The Hall–Kier alpha value is -1.02. The van der Waals surface area contributed by atoms with E-state index in [9.17, 15) is 4.79 Å². The summed E-state index contributed by atoms with van der Waals surface area (Å²) in [6.45, 7) is 2.18. The lowest BCUT2D eigenvalue weighted by molar-refractivity contribution is -0.137. The van der Waals surface area contributed by atoms with Crippen molar-refractivity contribution in [2.24, 2.45) is 0 Å². The van der Waals surface area contributed by atoms with Gasteiger partial charge in [-0.15, -0.1) is 0 Å². The summed E-state index contributed by atoms with van der Waals surface area (Å²) >= 11 is 5.98. The standard InChI is InChI=1S/C13H15ClO2/c1-8-2-3-9(6-13(15)16)12-7-10(14)4-5-11(8)12/h4-5,7-9H,2-3,6H2,1H3,(H,15,16). The van der Waals surface area contributed by atoms with E-state index < -0.39 is 5.97 Å². The molecule has 0 aromatic heterocycles. The van der Waals surface area contributed by atoms with Gasteiger partial charge in [-0.3, -0.25) is 4.79 Å². The van der Waals surface area contributed by atoms with Crippen molar-refractivity contribution in [1.82, 2.24) is 0 Å². The van der Waals surface area contributed by atoms with E-state index >= 15 is 0 Å². The van der Waals surface area contributed by atoms with E-state index in [4.69, 9.17) is 16.7 Å². The molecule has 2 unspecified atom stereocenters. The van der Waals surface area contributed by atoms with Crippen molar-refractivity contribution in [3.8, 4) is 0 Å². The highest BCUT2D eigenvalue weighted by atomic mass is 35.5. The average molecular weight is 239 g/mol. The highest BCUT2D eigenvalue weighted by Gasteiger charge is 2.26. The van der Waals surface area contributed by atoms with Crippen molar-refractivity contribution in [2.75, 3.05) is 0 Å². The minimum absolute atomic E-state index is 0.127. The Morgan fingerprint density at radius 3 is 2.88 bits per heavy atom. The van der Waals surface area contributed by atoms with Gasteiger partial charge in [-0.2, -0.15) is 0 Å². The maximum atomic E-state index is 10.8. The van der Waals surface area contributed by atoms with Crippen molar-refractivity contribution >= 4 is 17.6 Å². The van der Waals surface area contributed by atoms with E-state index in [1.807, 2.05) is 18.2 Å². The maximum absolute atomic E-state index is 10.8. The summed E-state index contributed by atoms with van der Waals surface area (Å²) in [6.07, 6.45) is 2.22. The molecule has 1 N–H and O–H groups in total. The SMILES string of the molecule is CC1CCC(CC(=O)O)c2cc(Cl)ccc21. The molecule has 1 aromatic carbocycles. The van der Waals surface area contributed by atoms with Gasteiger partial charge in [0.1, 0.15) is 0 Å². The van der Waals surface area contributed by atoms with Gasteiger partial charge in [-0.05, 0) is 47.9 Å². The lowest BCUT2D eigenvalue weighted by Gasteiger charge is -2.29. The minimum atomic E-state index is -0.731. The zero-order valence-corrected chi connectivity index (χ0v) is 10.00. The molecular formula is C13H15ClO2. The first-order valence-corrected chi connectivity index (χ1v) is 5.97. The number of fused-ring (bicyclic) bond motifs is 1. The summed E-state index contributed by atoms with van der Waals surface area (Å²) in [5.41, 5.74) is 2.40. The predicted molar refractivity (Wildman–Crippen MR) is 64.1 cm³/mol. The number of aliphatic carboxylic acids is 1. The molecule has 3 heteroatoms. The van der Waals surface area contributed by atoms with E-state index in [-0.39, 0.29) is 12.3 Å². The fraction of sp³-hybridized carbons (Fsp3) is 0.462. The maximum Gasteiger partial charge on any atom is 0.303 e. The molecule has 1 aliphatic rings. The molecule has 0 bridgehead atoms. The first kappa shape index (κ1) is 11.5. The molecular weight excluding hydrogens is 224 g/mol. The van der Waals surface area contributed by atoms with Crippen LogP contribution in [0.15, 0.2) is 18.2 Å². The third-order valence-corrected chi connectivity index (χ3v) is 3.62. The van der Waals surface area contributed by atoms with Crippen LogP contribution in [-0.2, 0) is 4.79 Å². The number of hydrogen-bond acceptors (Lipinski definition) is 1. The molecule has 86 valence electrons. The monoisotopic (exact) mass is 238 g/mol. The van der Waals surface area contributed by atoms with E-state index in [0.717, 1.165) is 18.4 Å². The lowest BCUT2D eigenvalue weighted by Crippen LogP contribution is -2.15. The smallest absolute Gasteiger partial charge is 0.303 e. The average Bonchev–Trinajstić information content (AvgIpc) is 2.22. The van der Waals surface area contributed by atoms with Crippen molar-refractivity contribution in [3.63, 3.8) is 0 Å². The van der Waals surface area contributed by atoms with E-state index in [1.165, 1.54) is 5.56 Å². The summed E-state index contributed by atoms with van der Waals surface area (Å²) in [5, 5.41) is 9.59. The van der Waals surface area contributed by atoms with Gasteiger partial charge in [0.2, 0.25) is 0 Å². The Kier molecular flexibility index (Phi) is 3.20. The fourth-order valence-electron chi connectivity index (χ4n) is 2.53. The molecule has 0 fully saturated rings. The quantitative estimate of drug-likeness (QED) is 0.851. The van der Waals surface area contributed by atoms with Crippen LogP contribution in [0.2, 0.25) is 5.02 Å². The number of carbonyl (C=O) groups is 1. The topological polar surface area (TPSA) is 37.3 Å². The first-order chi connectivity index (χ1) is 7.58. The van der Waals surface area contributed by atoms with Gasteiger partial charge in [-0.25, -0.2) is 0 Å². The second-order valence-corrected chi connectivity index (χ2v) is 4.98. The van der Waals surface area contributed by atoms with Gasteiger partial charge in [0, 0.05) is 5.02 Å². The molecule has 0 saturated heterocycles. The molecule has 0 amide bonds. The van der Waals surface area contributed by atoms with Crippen molar-refractivity contribution in [1.29, 1.82) is 0 Å². The van der Waals surface area contributed by atoms with Crippen molar-refractivity contribution in [3.05, 3.63) is 34.3 Å². The third kappa shape index (κ3) is 2.22. The molecule has 0 spiro atoms. The van der Waals surface area contributed by atoms with Gasteiger partial charge in [0.15, 0.2) is 0 Å². The number of benzene rings is 1. The number of hydrogen-bond donors (Lipinski definition) is 1. The summed E-state index contributed by atoms with van der Waals surface area (Å²) in [5.74, 6) is -0.0924. The second kappa shape index (κ2) is 4.46. The Labute approximate surface area is 100 Å². The van der Waals surface area contributed by atoms with Crippen LogP contribution < -0.4 is 0 Å². The molecule has 2 nitrogen and oxygen atoms in total. The van der Waals surface area contributed by atoms with E-state index in [1.54, 1.807) is 0 Å². The molecule has 0 heterocycles. The van der Waals surface area contributed by atoms with Crippen molar-refractivity contribution in [2.45, 2.75) is 38.0 Å². The Balaban J connectivity index is 2.37. The second-order valence-electron chi connectivity index (χ2n) is 4.55. The molecule has 0 saturated carbocycles. The highest BCUT2D eigenvalue weighted by Crippen LogP contribution is 2.41. The minimum Gasteiger partial charge on any atom is -0.481 e. The van der Waals surface area contributed by atoms with Gasteiger partial charge >= 0.3 is 5.97 Å². The fourth-order valence-corrected chi connectivity index (χ4v) is 2.71. The normalized spacial score (nSPS) is 23.9. The van der Waals surface area contributed by atoms with Crippen LogP contribution in [0.25, 0.3) is 0 Å². The number of rotatable bonds is 2. The predicted octanol–water partition coefficient (Wildman–Crippen LogP) is 3.80. The van der Waals surface area contributed by atoms with Crippen LogP contribution >= 0.6 is 11.6 Å². The largest absolute Gasteiger partial charge is 0.481 e. The molecule has 16 heavy (non-hydrogen) atoms. The van der Waals surface area contributed by atoms with Crippen LogP contribution in [0, 0.1) is 0 Å². The first-order valence-electron chi connectivity index (χ1n) is 5.59. The molecule has 1 aliphatic carbocycles. The number of halogens is 1. The molecule has 2 atom stereocenters. The van der Waals surface area contributed by atoms with Gasteiger partial charge in [0.05, 0.1) is 6.42 Å². The van der Waals surface area contributed by atoms with Crippen molar-refractivity contribution < 1.29 is 9.90 Å². The zero-order valence-electron chi connectivity index (χ0n) is 9.24. The Bertz CT molecular complexity index is 414. The molecule has 2 rings (SSSR count). The van der Waals surface area contributed by atoms with Crippen LogP contribution in [0.1, 0.15) is 49.1 Å². The van der Waals surface area contributed by atoms with Crippen LogP contribution in [0.4, 0.5) is 0 Å². The third-order valence-electron chi connectivity index (χ3n) is 3.39.